The molecular weight excluding hydrogens is 342 g/mol. The summed E-state index contributed by atoms with van der Waals surface area (Å²) >= 11 is 0. The summed E-state index contributed by atoms with van der Waals surface area (Å²) in [4.78, 5) is 32.3. The molecule has 1 saturated heterocycles. The van der Waals surface area contributed by atoms with E-state index in [2.05, 4.69) is 9.88 Å². The fraction of sp³-hybridized carbons (Fsp3) is 0.524. The monoisotopic (exact) mass is 369 g/mol. The van der Waals surface area contributed by atoms with E-state index in [1.165, 1.54) is 6.42 Å². The number of hydrogen-bond donors (Lipinski definition) is 1. The van der Waals surface area contributed by atoms with E-state index < -0.39 is 0 Å². The zero-order chi connectivity index (χ0) is 18.8. The number of hydrogen-bond acceptors (Lipinski definition) is 4. The largest absolute Gasteiger partial charge is 0.497 e. The molecule has 2 heterocycles. The number of ether oxygens (including phenoxy) is 1. The van der Waals surface area contributed by atoms with Crippen molar-refractivity contribution in [3.63, 3.8) is 0 Å². The fourth-order valence-electron chi connectivity index (χ4n) is 3.97. The van der Waals surface area contributed by atoms with E-state index in [0.717, 1.165) is 67.7 Å². The maximum Gasteiger partial charge on any atom is 0.252 e. The van der Waals surface area contributed by atoms with Crippen LogP contribution in [-0.4, -0.2) is 54.0 Å². The van der Waals surface area contributed by atoms with Gasteiger partial charge in [-0.25, -0.2) is 0 Å². The lowest BCUT2D eigenvalue weighted by Gasteiger charge is -2.31. The second kappa shape index (κ2) is 7.72. The van der Waals surface area contributed by atoms with Crippen molar-refractivity contribution in [3.8, 4) is 5.75 Å². The summed E-state index contributed by atoms with van der Waals surface area (Å²) in [6.07, 6.45) is 4.25. The summed E-state index contributed by atoms with van der Waals surface area (Å²) in [6.45, 7) is 3.94. The van der Waals surface area contributed by atoms with Crippen LogP contribution in [0.4, 0.5) is 0 Å². The molecule has 2 fully saturated rings. The normalized spacial score (nSPS) is 18.9. The molecule has 1 saturated carbocycles. The van der Waals surface area contributed by atoms with Crippen molar-refractivity contribution in [2.24, 2.45) is 5.92 Å². The highest BCUT2D eigenvalue weighted by Gasteiger charge is 2.30. The Morgan fingerprint density at radius 2 is 2.00 bits per heavy atom. The van der Waals surface area contributed by atoms with Gasteiger partial charge in [-0.1, -0.05) is 6.42 Å². The number of aromatic amines is 1. The fourth-order valence-corrected chi connectivity index (χ4v) is 3.97. The topological polar surface area (TPSA) is 65.6 Å². The number of rotatable bonds is 4. The summed E-state index contributed by atoms with van der Waals surface area (Å²) in [5, 5.41) is 1.00. The van der Waals surface area contributed by atoms with Gasteiger partial charge in [0.1, 0.15) is 5.75 Å². The zero-order valence-corrected chi connectivity index (χ0v) is 15.9. The molecule has 0 bridgehead atoms. The van der Waals surface area contributed by atoms with Crippen molar-refractivity contribution < 1.29 is 9.53 Å². The van der Waals surface area contributed by atoms with Gasteiger partial charge in [-0.15, -0.1) is 0 Å². The van der Waals surface area contributed by atoms with Gasteiger partial charge < -0.3 is 14.6 Å². The molecule has 1 aromatic carbocycles. The summed E-state index contributed by atoms with van der Waals surface area (Å²) in [5.41, 5.74) is 1.50. The molecule has 0 spiro atoms. The maximum absolute atomic E-state index is 12.5. The third-order valence-corrected chi connectivity index (χ3v) is 5.88. The maximum atomic E-state index is 12.5. The molecule has 1 amide bonds. The van der Waals surface area contributed by atoms with Crippen LogP contribution in [-0.2, 0) is 11.3 Å². The van der Waals surface area contributed by atoms with Gasteiger partial charge in [-0.2, -0.15) is 0 Å². The Bertz CT molecular complexity index is 888. The van der Waals surface area contributed by atoms with Gasteiger partial charge in [0.05, 0.1) is 12.6 Å². The number of aromatic nitrogens is 1. The molecule has 27 heavy (non-hydrogen) atoms. The van der Waals surface area contributed by atoms with Gasteiger partial charge in [0.2, 0.25) is 5.91 Å². The lowest BCUT2D eigenvalue weighted by Crippen LogP contribution is -2.41. The second-order valence-corrected chi connectivity index (χ2v) is 7.66. The predicted molar refractivity (Wildman–Crippen MR) is 105 cm³/mol. The van der Waals surface area contributed by atoms with Crippen LogP contribution < -0.4 is 10.3 Å². The van der Waals surface area contributed by atoms with E-state index >= 15 is 0 Å². The van der Waals surface area contributed by atoms with Crippen molar-refractivity contribution in [1.82, 2.24) is 14.8 Å². The molecule has 0 unspecified atom stereocenters. The molecule has 6 heteroatoms. The number of nitrogens with one attached hydrogen (secondary N) is 1. The number of nitrogens with zero attached hydrogens (tertiary/aromatic N) is 2. The zero-order valence-electron chi connectivity index (χ0n) is 15.9. The SMILES string of the molecule is COc1ccc2cc(CN3CCCN(C(=O)C4CCC4)CC3)c(=O)[nH]c2c1. The number of carbonyl (C=O) groups is 1. The van der Waals surface area contributed by atoms with Crippen LogP contribution in [0.5, 0.6) is 5.75 Å². The Hall–Kier alpha value is -2.34. The number of fused-ring (bicyclic) bond motifs is 1. The summed E-state index contributed by atoms with van der Waals surface area (Å²) in [5.74, 6) is 1.33. The van der Waals surface area contributed by atoms with Crippen molar-refractivity contribution in [1.29, 1.82) is 0 Å². The summed E-state index contributed by atoms with van der Waals surface area (Å²) < 4.78 is 5.22. The molecule has 1 aliphatic heterocycles. The van der Waals surface area contributed by atoms with E-state index in [0.29, 0.717) is 12.5 Å². The highest BCUT2D eigenvalue weighted by atomic mass is 16.5. The average molecular weight is 369 g/mol. The number of benzene rings is 1. The van der Waals surface area contributed by atoms with Crippen LogP contribution in [0, 0.1) is 5.92 Å². The molecule has 1 aliphatic carbocycles. The first-order valence-electron chi connectivity index (χ1n) is 9.85. The Morgan fingerprint density at radius 1 is 1.15 bits per heavy atom. The van der Waals surface area contributed by atoms with Gasteiger partial charge in [-0.05, 0) is 42.8 Å². The Labute approximate surface area is 159 Å². The molecule has 0 atom stereocenters. The Balaban J connectivity index is 1.45. The minimum Gasteiger partial charge on any atom is -0.497 e. The smallest absolute Gasteiger partial charge is 0.252 e. The number of carbonyl (C=O) groups excluding carboxylic acids is 1. The van der Waals surface area contributed by atoms with E-state index in [9.17, 15) is 9.59 Å². The molecule has 0 radical (unpaired) electrons. The van der Waals surface area contributed by atoms with Crippen LogP contribution in [0.1, 0.15) is 31.2 Å². The van der Waals surface area contributed by atoms with Crippen molar-refractivity contribution in [3.05, 3.63) is 40.2 Å². The van der Waals surface area contributed by atoms with Crippen LogP contribution in [0.15, 0.2) is 29.1 Å². The second-order valence-electron chi connectivity index (χ2n) is 7.66. The molecule has 6 nitrogen and oxygen atoms in total. The molecule has 144 valence electrons. The van der Waals surface area contributed by atoms with E-state index in [4.69, 9.17) is 4.74 Å². The first-order valence-corrected chi connectivity index (χ1v) is 9.85. The first-order chi connectivity index (χ1) is 13.1. The van der Waals surface area contributed by atoms with Crippen LogP contribution in [0.2, 0.25) is 0 Å². The minimum absolute atomic E-state index is 0.0533. The highest BCUT2D eigenvalue weighted by Crippen LogP contribution is 2.28. The van der Waals surface area contributed by atoms with Gasteiger partial charge >= 0.3 is 0 Å². The highest BCUT2D eigenvalue weighted by molar-refractivity contribution is 5.80. The van der Waals surface area contributed by atoms with Crippen molar-refractivity contribution in [2.45, 2.75) is 32.2 Å². The number of pyridine rings is 1. The molecule has 1 aromatic heterocycles. The van der Waals surface area contributed by atoms with Gasteiger partial charge in [0.15, 0.2) is 0 Å². The van der Waals surface area contributed by atoms with E-state index in [1.807, 2.05) is 29.2 Å². The Morgan fingerprint density at radius 3 is 2.74 bits per heavy atom. The molecule has 4 rings (SSSR count). The quantitative estimate of drug-likeness (QED) is 0.899. The third kappa shape index (κ3) is 3.86. The van der Waals surface area contributed by atoms with Gasteiger partial charge in [-0.3, -0.25) is 14.5 Å². The standard InChI is InChI=1S/C21H27N3O3/c1-27-18-7-6-16-12-17(20(25)22-19(16)13-18)14-23-8-3-9-24(11-10-23)21(26)15-4-2-5-15/h6-7,12-13,15H,2-5,8-11,14H2,1H3,(H,22,25). The van der Waals surface area contributed by atoms with E-state index in [1.54, 1.807) is 7.11 Å². The van der Waals surface area contributed by atoms with Crippen LogP contribution in [0.25, 0.3) is 10.9 Å². The molecule has 2 aromatic rings. The molecule has 2 aliphatic rings. The molecule has 1 N–H and O–H groups in total. The van der Waals surface area contributed by atoms with Crippen LogP contribution >= 0.6 is 0 Å². The number of methoxy groups -OCH3 is 1. The van der Waals surface area contributed by atoms with Crippen molar-refractivity contribution >= 4 is 16.8 Å². The lowest BCUT2D eigenvalue weighted by molar-refractivity contribution is -0.138. The van der Waals surface area contributed by atoms with Gasteiger partial charge in [0, 0.05) is 50.3 Å². The summed E-state index contributed by atoms with van der Waals surface area (Å²) in [6, 6.07) is 7.68. The van der Waals surface area contributed by atoms with E-state index in [-0.39, 0.29) is 11.5 Å². The minimum atomic E-state index is -0.0533. The van der Waals surface area contributed by atoms with Gasteiger partial charge in [0.25, 0.3) is 5.56 Å². The van der Waals surface area contributed by atoms with Crippen LogP contribution in [0.3, 0.4) is 0 Å². The van der Waals surface area contributed by atoms with Crippen molar-refractivity contribution in [2.75, 3.05) is 33.3 Å². The summed E-state index contributed by atoms with van der Waals surface area (Å²) in [7, 11) is 1.62. The Kier molecular flexibility index (Phi) is 5.16. The third-order valence-electron chi connectivity index (χ3n) is 5.88. The number of H-pyrrole nitrogens is 1. The predicted octanol–water partition coefficient (Wildman–Crippen LogP) is 2.37. The average Bonchev–Trinajstić information content (AvgIpc) is 2.86. The lowest BCUT2D eigenvalue weighted by atomic mass is 9.84. The molecular formula is C21H27N3O3. The number of amides is 1. The first kappa shape index (κ1) is 18.0.